The number of benzene rings is 1. The number of carbonyl (C=O) groups is 2. The van der Waals surface area contributed by atoms with Crippen LogP contribution in [0.1, 0.15) is 41.9 Å². The summed E-state index contributed by atoms with van der Waals surface area (Å²) in [4.78, 5) is 37.1. The fourth-order valence-corrected chi connectivity index (χ4v) is 2.43. The zero-order valence-corrected chi connectivity index (χ0v) is 15.6. The molecule has 0 aliphatic carbocycles. The number of hydrogen-bond donors (Lipinski definition) is 2. The van der Waals surface area contributed by atoms with Crippen molar-refractivity contribution in [2.24, 2.45) is 0 Å². The van der Waals surface area contributed by atoms with E-state index in [4.69, 9.17) is 0 Å². The zero-order valence-electron chi connectivity index (χ0n) is 15.6. The van der Waals surface area contributed by atoms with E-state index in [1.54, 1.807) is 31.2 Å². The third kappa shape index (κ3) is 4.81. The Kier molecular flexibility index (Phi) is 6.33. The highest BCUT2D eigenvalue weighted by Crippen LogP contribution is 2.08. The number of anilines is 1. The number of pyridine rings is 1. The van der Waals surface area contributed by atoms with Gasteiger partial charge in [-0.05, 0) is 51.5 Å². The van der Waals surface area contributed by atoms with E-state index < -0.39 is 5.56 Å². The van der Waals surface area contributed by atoms with Gasteiger partial charge in [0.25, 0.3) is 11.5 Å². The summed E-state index contributed by atoms with van der Waals surface area (Å²) in [6.45, 7) is 7.49. The highest BCUT2D eigenvalue weighted by Gasteiger charge is 2.14. The van der Waals surface area contributed by atoms with Crippen molar-refractivity contribution in [2.45, 2.75) is 46.7 Å². The summed E-state index contributed by atoms with van der Waals surface area (Å²) in [5.41, 5.74) is 1.92. The molecule has 2 rings (SSSR count). The molecule has 0 unspecified atom stereocenters. The minimum atomic E-state index is -0.398. The van der Waals surface area contributed by atoms with Gasteiger partial charge in [-0.1, -0.05) is 24.6 Å². The topological polar surface area (TPSA) is 80.2 Å². The molecule has 0 fully saturated rings. The van der Waals surface area contributed by atoms with E-state index in [1.807, 2.05) is 32.9 Å². The average molecular weight is 355 g/mol. The van der Waals surface area contributed by atoms with Crippen LogP contribution in [0, 0.1) is 13.8 Å². The third-order valence-corrected chi connectivity index (χ3v) is 4.28. The summed E-state index contributed by atoms with van der Waals surface area (Å²) in [5, 5.41) is 5.47. The van der Waals surface area contributed by atoms with Gasteiger partial charge in [0.15, 0.2) is 0 Å². The van der Waals surface area contributed by atoms with Gasteiger partial charge in [0.05, 0.1) is 0 Å². The number of amides is 2. The quantitative estimate of drug-likeness (QED) is 0.836. The first kappa shape index (κ1) is 19.4. The normalized spacial score (nSPS) is 11.7. The van der Waals surface area contributed by atoms with E-state index in [0.717, 1.165) is 12.0 Å². The van der Waals surface area contributed by atoms with Gasteiger partial charge in [0, 0.05) is 17.3 Å². The third-order valence-electron chi connectivity index (χ3n) is 4.28. The van der Waals surface area contributed by atoms with Crippen molar-refractivity contribution in [3.05, 3.63) is 63.6 Å². The van der Waals surface area contributed by atoms with E-state index in [9.17, 15) is 14.4 Å². The Bertz CT molecular complexity index is 854. The Morgan fingerprint density at radius 1 is 1.08 bits per heavy atom. The minimum absolute atomic E-state index is 0.0444. The summed E-state index contributed by atoms with van der Waals surface area (Å²) < 4.78 is 1.36. The first-order chi connectivity index (χ1) is 12.3. The second kappa shape index (κ2) is 8.47. The van der Waals surface area contributed by atoms with Gasteiger partial charge in [0.1, 0.15) is 12.2 Å². The summed E-state index contributed by atoms with van der Waals surface area (Å²) in [7, 11) is 0. The van der Waals surface area contributed by atoms with Crippen LogP contribution in [0.5, 0.6) is 0 Å². The smallest absolute Gasteiger partial charge is 0.274 e. The SMILES string of the molecule is CC[C@@H](C)NC(=O)Cn1c(C)ccc(NC(=O)c2ccc(C)cc2)c1=O. The molecule has 1 atom stereocenters. The molecule has 6 heteroatoms. The van der Waals surface area contributed by atoms with Crippen molar-refractivity contribution < 1.29 is 9.59 Å². The molecule has 1 heterocycles. The zero-order chi connectivity index (χ0) is 19.3. The van der Waals surface area contributed by atoms with Crippen LogP contribution < -0.4 is 16.2 Å². The lowest BCUT2D eigenvalue weighted by atomic mass is 10.1. The molecular formula is C20H25N3O3. The Balaban J connectivity index is 2.20. The average Bonchev–Trinajstić information content (AvgIpc) is 2.61. The lowest BCUT2D eigenvalue weighted by Crippen LogP contribution is -2.38. The van der Waals surface area contributed by atoms with E-state index in [-0.39, 0.29) is 30.1 Å². The van der Waals surface area contributed by atoms with Crippen molar-refractivity contribution in [3.8, 4) is 0 Å². The second-order valence-electron chi connectivity index (χ2n) is 6.48. The van der Waals surface area contributed by atoms with Crippen molar-refractivity contribution in [2.75, 3.05) is 5.32 Å². The van der Waals surface area contributed by atoms with Crippen LogP contribution in [-0.4, -0.2) is 22.4 Å². The first-order valence-electron chi connectivity index (χ1n) is 8.69. The molecule has 0 saturated carbocycles. The van der Waals surface area contributed by atoms with Gasteiger partial charge in [-0.2, -0.15) is 0 Å². The maximum absolute atomic E-state index is 12.7. The Morgan fingerprint density at radius 3 is 2.35 bits per heavy atom. The molecule has 6 nitrogen and oxygen atoms in total. The molecular weight excluding hydrogens is 330 g/mol. The van der Waals surface area contributed by atoms with E-state index in [1.165, 1.54) is 4.57 Å². The standard InChI is InChI=1S/C20H25N3O3/c1-5-14(3)21-18(24)12-23-15(4)8-11-17(20(23)26)22-19(25)16-9-6-13(2)7-10-16/h6-11,14H,5,12H2,1-4H3,(H,21,24)(H,22,25)/t14-/m1/s1. The number of aryl methyl sites for hydroxylation is 2. The van der Waals surface area contributed by atoms with Crippen LogP contribution in [0.15, 0.2) is 41.2 Å². The minimum Gasteiger partial charge on any atom is -0.352 e. The molecule has 1 aromatic heterocycles. The van der Waals surface area contributed by atoms with Crippen LogP contribution >= 0.6 is 0 Å². The van der Waals surface area contributed by atoms with Gasteiger partial charge in [-0.3, -0.25) is 14.4 Å². The number of nitrogens with one attached hydrogen (secondary N) is 2. The monoisotopic (exact) mass is 355 g/mol. The number of aromatic nitrogens is 1. The molecule has 2 aromatic rings. The largest absolute Gasteiger partial charge is 0.352 e. The number of rotatable bonds is 6. The van der Waals surface area contributed by atoms with Crippen LogP contribution in [0.4, 0.5) is 5.69 Å². The molecule has 0 aliphatic heterocycles. The van der Waals surface area contributed by atoms with Crippen molar-refractivity contribution in [3.63, 3.8) is 0 Å². The summed E-state index contributed by atoms with van der Waals surface area (Å²) in [5.74, 6) is -0.590. The van der Waals surface area contributed by atoms with Crippen LogP contribution in [-0.2, 0) is 11.3 Å². The Labute approximate surface area is 153 Å². The first-order valence-corrected chi connectivity index (χ1v) is 8.69. The maximum atomic E-state index is 12.7. The highest BCUT2D eigenvalue weighted by molar-refractivity contribution is 6.04. The highest BCUT2D eigenvalue weighted by atomic mass is 16.2. The molecule has 1 aromatic carbocycles. The summed E-state index contributed by atoms with van der Waals surface area (Å²) in [6, 6.07) is 10.4. The van der Waals surface area contributed by atoms with Gasteiger partial charge in [-0.25, -0.2) is 0 Å². The van der Waals surface area contributed by atoms with Crippen molar-refractivity contribution in [1.82, 2.24) is 9.88 Å². The van der Waals surface area contributed by atoms with Crippen molar-refractivity contribution in [1.29, 1.82) is 0 Å². The van der Waals surface area contributed by atoms with Crippen LogP contribution in [0.25, 0.3) is 0 Å². The molecule has 0 saturated heterocycles. The molecule has 2 amide bonds. The molecule has 2 N–H and O–H groups in total. The second-order valence-corrected chi connectivity index (χ2v) is 6.48. The molecule has 0 radical (unpaired) electrons. The summed E-state index contributed by atoms with van der Waals surface area (Å²) in [6.07, 6.45) is 0.812. The maximum Gasteiger partial charge on any atom is 0.274 e. The predicted molar refractivity (Wildman–Crippen MR) is 102 cm³/mol. The molecule has 0 bridgehead atoms. The van der Waals surface area contributed by atoms with Crippen molar-refractivity contribution >= 4 is 17.5 Å². The fourth-order valence-electron chi connectivity index (χ4n) is 2.43. The Morgan fingerprint density at radius 2 is 1.73 bits per heavy atom. The molecule has 0 spiro atoms. The van der Waals surface area contributed by atoms with Gasteiger partial charge in [-0.15, -0.1) is 0 Å². The fraction of sp³-hybridized carbons (Fsp3) is 0.350. The lowest BCUT2D eigenvalue weighted by molar-refractivity contribution is -0.122. The van der Waals surface area contributed by atoms with Crippen LogP contribution in [0.2, 0.25) is 0 Å². The molecule has 0 aliphatic rings. The molecule has 26 heavy (non-hydrogen) atoms. The summed E-state index contributed by atoms with van der Waals surface area (Å²) >= 11 is 0. The van der Waals surface area contributed by atoms with Gasteiger partial charge < -0.3 is 15.2 Å². The predicted octanol–water partition coefficient (Wildman–Crippen LogP) is 2.63. The van der Waals surface area contributed by atoms with Crippen LogP contribution in [0.3, 0.4) is 0 Å². The number of carbonyl (C=O) groups excluding carboxylic acids is 2. The van der Waals surface area contributed by atoms with E-state index in [0.29, 0.717) is 11.3 Å². The van der Waals surface area contributed by atoms with Gasteiger partial charge in [0.2, 0.25) is 5.91 Å². The number of nitrogens with zero attached hydrogens (tertiary/aromatic N) is 1. The Hall–Kier alpha value is -2.89. The van der Waals surface area contributed by atoms with E-state index in [2.05, 4.69) is 10.6 Å². The van der Waals surface area contributed by atoms with E-state index >= 15 is 0 Å². The number of hydrogen-bond acceptors (Lipinski definition) is 3. The molecule has 138 valence electrons. The van der Waals surface area contributed by atoms with Gasteiger partial charge >= 0.3 is 0 Å². The lowest BCUT2D eigenvalue weighted by Gasteiger charge is -2.15.